The highest BCUT2D eigenvalue weighted by atomic mass is 16.5. The van der Waals surface area contributed by atoms with Crippen LogP contribution in [0.25, 0.3) is 0 Å². The van der Waals surface area contributed by atoms with Crippen LogP contribution < -0.4 is 0 Å². The summed E-state index contributed by atoms with van der Waals surface area (Å²) in [5.41, 5.74) is 1.32. The average molecular weight is 330 g/mol. The second-order valence-electron chi connectivity index (χ2n) is 7.33. The summed E-state index contributed by atoms with van der Waals surface area (Å²) >= 11 is 0. The molecule has 0 aromatic heterocycles. The van der Waals surface area contributed by atoms with Crippen LogP contribution >= 0.6 is 0 Å². The fraction of sp³-hybridized carbons (Fsp3) is 0.650. The standard InChI is InChI=1S/C20H30N2O2/c1-3-22-16-20(24-15-19(22)23)12-9-18(10-13-20)21(2)14-11-17-7-5-4-6-8-17/h4-8,18H,3,9-16H2,1-2H3. The Labute approximate surface area is 145 Å². The molecule has 4 heteroatoms. The van der Waals surface area contributed by atoms with Crippen LogP contribution in [0.1, 0.15) is 38.2 Å². The quantitative estimate of drug-likeness (QED) is 0.832. The van der Waals surface area contributed by atoms with E-state index in [1.165, 1.54) is 5.56 Å². The first kappa shape index (κ1) is 17.4. The van der Waals surface area contributed by atoms with Crippen LogP contribution in [0.5, 0.6) is 0 Å². The Hall–Kier alpha value is -1.39. The highest BCUT2D eigenvalue weighted by molar-refractivity contribution is 5.78. The molecule has 1 spiro atoms. The highest BCUT2D eigenvalue weighted by Gasteiger charge is 2.42. The molecule has 3 rings (SSSR count). The van der Waals surface area contributed by atoms with Gasteiger partial charge in [-0.15, -0.1) is 0 Å². The van der Waals surface area contributed by atoms with Crippen molar-refractivity contribution in [2.75, 3.05) is 33.3 Å². The van der Waals surface area contributed by atoms with E-state index < -0.39 is 0 Å². The van der Waals surface area contributed by atoms with Gasteiger partial charge in [0.15, 0.2) is 0 Å². The van der Waals surface area contributed by atoms with Gasteiger partial charge in [0.1, 0.15) is 6.61 Å². The fourth-order valence-corrected chi connectivity index (χ4v) is 4.08. The number of hydrogen-bond donors (Lipinski definition) is 0. The van der Waals surface area contributed by atoms with Crippen LogP contribution in [0.3, 0.4) is 0 Å². The number of carbonyl (C=O) groups excluding carboxylic acids is 1. The van der Waals surface area contributed by atoms with Gasteiger partial charge in [0.2, 0.25) is 5.91 Å². The average Bonchev–Trinajstić information content (AvgIpc) is 2.63. The summed E-state index contributed by atoms with van der Waals surface area (Å²) in [6, 6.07) is 11.3. The summed E-state index contributed by atoms with van der Waals surface area (Å²) in [5, 5.41) is 0. The van der Waals surface area contributed by atoms with Crippen molar-refractivity contribution in [3.8, 4) is 0 Å². The molecule has 0 unspecified atom stereocenters. The SMILES string of the molecule is CCN1CC2(CCC(N(C)CCc3ccccc3)CC2)OCC1=O. The summed E-state index contributed by atoms with van der Waals surface area (Å²) in [6.45, 7) is 5.00. The van der Waals surface area contributed by atoms with Gasteiger partial charge in [-0.1, -0.05) is 30.3 Å². The number of benzene rings is 1. The minimum absolute atomic E-state index is 0.0826. The molecule has 0 N–H and O–H groups in total. The van der Waals surface area contributed by atoms with Crippen LogP contribution in [-0.4, -0.2) is 60.6 Å². The lowest BCUT2D eigenvalue weighted by Gasteiger charge is -2.47. The molecule has 132 valence electrons. The maximum Gasteiger partial charge on any atom is 0.248 e. The molecular weight excluding hydrogens is 300 g/mol. The van der Waals surface area contributed by atoms with E-state index in [0.717, 1.165) is 51.7 Å². The van der Waals surface area contributed by atoms with Crippen molar-refractivity contribution in [1.82, 2.24) is 9.80 Å². The summed E-state index contributed by atoms with van der Waals surface area (Å²) in [7, 11) is 2.25. The van der Waals surface area contributed by atoms with Gasteiger partial charge in [-0.2, -0.15) is 0 Å². The minimum Gasteiger partial charge on any atom is -0.363 e. The molecule has 1 aliphatic carbocycles. The van der Waals surface area contributed by atoms with Crippen molar-refractivity contribution in [2.24, 2.45) is 0 Å². The number of morpholine rings is 1. The van der Waals surface area contributed by atoms with Crippen LogP contribution in [0.2, 0.25) is 0 Å². The van der Waals surface area contributed by atoms with Gasteiger partial charge in [-0.05, 0) is 51.6 Å². The zero-order valence-corrected chi connectivity index (χ0v) is 15.0. The molecular formula is C20H30N2O2. The van der Waals surface area contributed by atoms with E-state index in [-0.39, 0.29) is 18.1 Å². The summed E-state index contributed by atoms with van der Waals surface area (Å²) in [5.74, 6) is 0.144. The number of rotatable bonds is 5. The Morgan fingerprint density at radius 2 is 1.96 bits per heavy atom. The minimum atomic E-state index is -0.0826. The largest absolute Gasteiger partial charge is 0.363 e. The van der Waals surface area contributed by atoms with Crippen molar-refractivity contribution in [3.05, 3.63) is 35.9 Å². The van der Waals surface area contributed by atoms with Crippen LogP contribution in [0.15, 0.2) is 30.3 Å². The second kappa shape index (κ2) is 7.66. The lowest BCUT2D eigenvalue weighted by atomic mass is 9.80. The number of hydrogen-bond acceptors (Lipinski definition) is 3. The van der Waals surface area contributed by atoms with Crippen LogP contribution in [-0.2, 0) is 16.0 Å². The van der Waals surface area contributed by atoms with E-state index in [1.807, 2.05) is 4.90 Å². The van der Waals surface area contributed by atoms with Gasteiger partial charge in [0.25, 0.3) is 0 Å². The number of amides is 1. The molecule has 2 aliphatic rings. The molecule has 0 atom stereocenters. The number of nitrogens with zero attached hydrogens (tertiary/aromatic N) is 2. The Kier molecular flexibility index (Phi) is 5.57. The lowest BCUT2D eigenvalue weighted by Crippen LogP contribution is -2.57. The Bertz CT molecular complexity index is 538. The third-order valence-corrected chi connectivity index (χ3v) is 5.80. The first-order valence-corrected chi connectivity index (χ1v) is 9.28. The van der Waals surface area contributed by atoms with E-state index >= 15 is 0 Å². The topological polar surface area (TPSA) is 32.8 Å². The lowest BCUT2D eigenvalue weighted by molar-refractivity contribution is -0.170. The van der Waals surface area contributed by atoms with Gasteiger partial charge < -0.3 is 14.5 Å². The van der Waals surface area contributed by atoms with Crippen molar-refractivity contribution < 1.29 is 9.53 Å². The van der Waals surface area contributed by atoms with Crippen molar-refractivity contribution in [1.29, 1.82) is 0 Å². The summed E-state index contributed by atoms with van der Waals surface area (Å²) in [6.07, 6.45) is 5.57. The smallest absolute Gasteiger partial charge is 0.248 e. The maximum atomic E-state index is 11.8. The predicted octanol–water partition coefficient (Wildman–Crippen LogP) is 2.72. The monoisotopic (exact) mass is 330 g/mol. The molecule has 1 heterocycles. The van der Waals surface area contributed by atoms with E-state index in [4.69, 9.17) is 4.74 Å². The molecule has 1 amide bonds. The number of ether oxygens (including phenoxy) is 1. The number of carbonyl (C=O) groups is 1. The zero-order chi connectivity index (χ0) is 17.0. The van der Waals surface area contributed by atoms with E-state index in [2.05, 4.69) is 49.2 Å². The van der Waals surface area contributed by atoms with Crippen molar-refractivity contribution in [2.45, 2.75) is 50.7 Å². The summed E-state index contributed by atoms with van der Waals surface area (Å²) < 4.78 is 6.00. The highest BCUT2D eigenvalue weighted by Crippen LogP contribution is 2.36. The summed E-state index contributed by atoms with van der Waals surface area (Å²) in [4.78, 5) is 16.3. The first-order chi connectivity index (χ1) is 11.6. The van der Waals surface area contributed by atoms with Gasteiger partial charge in [-0.3, -0.25) is 4.79 Å². The van der Waals surface area contributed by atoms with Crippen molar-refractivity contribution in [3.63, 3.8) is 0 Å². The Morgan fingerprint density at radius 1 is 1.25 bits per heavy atom. The second-order valence-corrected chi connectivity index (χ2v) is 7.33. The third-order valence-electron chi connectivity index (χ3n) is 5.80. The molecule has 1 aliphatic heterocycles. The van der Waals surface area contributed by atoms with Gasteiger partial charge >= 0.3 is 0 Å². The number of likely N-dealkylation sites (N-methyl/N-ethyl adjacent to an activating group) is 2. The fourth-order valence-electron chi connectivity index (χ4n) is 4.08. The molecule has 24 heavy (non-hydrogen) atoms. The third kappa shape index (κ3) is 3.98. The molecule has 0 bridgehead atoms. The zero-order valence-electron chi connectivity index (χ0n) is 15.0. The molecule has 1 saturated carbocycles. The van der Waals surface area contributed by atoms with Gasteiger partial charge in [0, 0.05) is 25.7 Å². The van der Waals surface area contributed by atoms with Gasteiger partial charge in [-0.25, -0.2) is 0 Å². The Balaban J connectivity index is 1.48. The van der Waals surface area contributed by atoms with Crippen LogP contribution in [0, 0.1) is 0 Å². The molecule has 4 nitrogen and oxygen atoms in total. The molecule has 1 aromatic carbocycles. The molecule has 1 aromatic rings. The Morgan fingerprint density at radius 3 is 2.62 bits per heavy atom. The normalized spacial score (nSPS) is 27.9. The first-order valence-electron chi connectivity index (χ1n) is 9.28. The van der Waals surface area contributed by atoms with Crippen molar-refractivity contribution >= 4 is 5.91 Å². The van der Waals surface area contributed by atoms with E-state index in [0.29, 0.717) is 6.04 Å². The van der Waals surface area contributed by atoms with E-state index in [1.54, 1.807) is 0 Å². The predicted molar refractivity (Wildman–Crippen MR) is 96.0 cm³/mol. The molecule has 0 radical (unpaired) electrons. The molecule has 2 fully saturated rings. The van der Waals surface area contributed by atoms with Gasteiger partial charge in [0.05, 0.1) is 5.60 Å². The van der Waals surface area contributed by atoms with Crippen LogP contribution in [0.4, 0.5) is 0 Å². The maximum absolute atomic E-state index is 11.8. The van der Waals surface area contributed by atoms with E-state index in [9.17, 15) is 4.79 Å². The molecule has 1 saturated heterocycles.